The number of hydrogen-bond acceptors (Lipinski definition) is 3. The summed E-state index contributed by atoms with van der Waals surface area (Å²) in [5.41, 5.74) is 9.63. The Morgan fingerprint density at radius 2 is 1.90 bits per heavy atom. The normalized spacial score (nSPS) is 15.1. The van der Waals surface area contributed by atoms with Crippen LogP contribution >= 0.6 is 43.2 Å². The van der Waals surface area contributed by atoms with Crippen molar-refractivity contribution in [3.63, 3.8) is 0 Å². The molecule has 0 bridgehead atoms. The number of amides is 1. The molecule has 1 atom stereocenters. The van der Waals surface area contributed by atoms with Crippen LogP contribution in [0.3, 0.4) is 0 Å². The molecule has 1 aliphatic rings. The molecule has 0 fully saturated rings. The second-order valence-electron chi connectivity index (χ2n) is 5.12. The van der Waals surface area contributed by atoms with Gasteiger partial charge in [0, 0.05) is 13.1 Å². The second-order valence-corrected chi connectivity index (χ2v) is 8.87. The Labute approximate surface area is 144 Å². The number of benzene rings is 1. The first-order valence-corrected chi connectivity index (χ1v) is 8.99. The molecule has 0 saturated carbocycles. The molecular formula is C15H14Br2N2OS. The fourth-order valence-corrected chi connectivity index (χ4v) is 5.42. The predicted molar refractivity (Wildman–Crippen MR) is 92.1 cm³/mol. The fraction of sp³-hybridized carbons (Fsp3) is 0.267. The van der Waals surface area contributed by atoms with Crippen molar-refractivity contribution in [2.24, 2.45) is 5.73 Å². The van der Waals surface area contributed by atoms with E-state index in [-0.39, 0.29) is 5.91 Å². The van der Waals surface area contributed by atoms with Crippen LogP contribution in [-0.4, -0.2) is 16.8 Å². The standard InChI is InChI=1S/C15H14Br2N2OS/c16-13-6-11(14(17)21-13)5-12(18)15(20)19-7-9-3-1-2-4-10(9)8-19/h1-4,6,12H,5,7-8,18H2. The largest absolute Gasteiger partial charge is 0.333 e. The molecule has 2 N–H and O–H groups in total. The molecule has 1 unspecified atom stereocenters. The van der Waals surface area contributed by atoms with Crippen LogP contribution in [0.5, 0.6) is 0 Å². The molecule has 1 amide bonds. The van der Waals surface area contributed by atoms with E-state index >= 15 is 0 Å². The van der Waals surface area contributed by atoms with Gasteiger partial charge in [0.25, 0.3) is 0 Å². The molecule has 2 heterocycles. The van der Waals surface area contributed by atoms with E-state index in [4.69, 9.17) is 5.73 Å². The van der Waals surface area contributed by atoms with Crippen molar-refractivity contribution in [2.75, 3.05) is 0 Å². The van der Waals surface area contributed by atoms with Gasteiger partial charge in [-0.05, 0) is 61.0 Å². The number of nitrogens with two attached hydrogens (primary N) is 1. The zero-order chi connectivity index (χ0) is 15.0. The van der Waals surface area contributed by atoms with E-state index in [1.54, 1.807) is 11.3 Å². The Kier molecular flexibility index (Phi) is 4.49. The Morgan fingerprint density at radius 1 is 1.29 bits per heavy atom. The highest BCUT2D eigenvalue weighted by Crippen LogP contribution is 2.32. The van der Waals surface area contributed by atoms with Gasteiger partial charge in [-0.2, -0.15) is 0 Å². The Balaban J connectivity index is 1.68. The van der Waals surface area contributed by atoms with Crippen molar-refractivity contribution in [3.8, 4) is 0 Å². The highest BCUT2D eigenvalue weighted by atomic mass is 79.9. The first-order valence-electron chi connectivity index (χ1n) is 6.59. The van der Waals surface area contributed by atoms with Crippen molar-refractivity contribution in [1.29, 1.82) is 0 Å². The van der Waals surface area contributed by atoms with Crippen molar-refractivity contribution in [3.05, 3.63) is 54.6 Å². The summed E-state index contributed by atoms with van der Waals surface area (Å²) < 4.78 is 2.07. The number of fused-ring (bicyclic) bond motifs is 1. The van der Waals surface area contributed by atoms with E-state index in [0.717, 1.165) is 13.1 Å². The molecule has 0 saturated heterocycles. The van der Waals surface area contributed by atoms with E-state index < -0.39 is 6.04 Å². The maximum atomic E-state index is 12.5. The molecule has 0 spiro atoms. The topological polar surface area (TPSA) is 46.3 Å². The van der Waals surface area contributed by atoms with Gasteiger partial charge in [0.2, 0.25) is 5.91 Å². The lowest BCUT2D eigenvalue weighted by Gasteiger charge is -2.20. The second kappa shape index (κ2) is 6.20. The minimum Gasteiger partial charge on any atom is -0.333 e. The molecule has 3 nitrogen and oxygen atoms in total. The lowest BCUT2D eigenvalue weighted by atomic mass is 10.1. The fourth-order valence-electron chi connectivity index (χ4n) is 2.56. The summed E-state index contributed by atoms with van der Waals surface area (Å²) >= 11 is 8.56. The smallest absolute Gasteiger partial charge is 0.240 e. The van der Waals surface area contributed by atoms with Gasteiger partial charge in [-0.3, -0.25) is 4.79 Å². The number of rotatable bonds is 3. The van der Waals surface area contributed by atoms with Gasteiger partial charge < -0.3 is 10.6 Å². The Hall–Kier alpha value is -0.690. The molecule has 6 heteroatoms. The molecule has 110 valence electrons. The minimum absolute atomic E-state index is 0.0143. The highest BCUT2D eigenvalue weighted by Gasteiger charge is 2.27. The van der Waals surface area contributed by atoms with Gasteiger partial charge in [-0.1, -0.05) is 24.3 Å². The Bertz CT molecular complexity index is 661. The lowest BCUT2D eigenvalue weighted by Crippen LogP contribution is -2.42. The van der Waals surface area contributed by atoms with E-state index in [9.17, 15) is 4.79 Å². The van der Waals surface area contributed by atoms with Crippen LogP contribution in [0.25, 0.3) is 0 Å². The number of thiophene rings is 1. The van der Waals surface area contributed by atoms with Crippen LogP contribution in [0.15, 0.2) is 37.9 Å². The summed E-state index contributed by atoms with van der Waals surface area (Å²) in [5.74, 6) is 0.0143. The van der Waals surface area contributed by atoms with Crippen LogP contribution in [-0.2, 0) is 24.3 Å². The zero-order valence-corrected chi connectivity index (χ0v) is 15.2. The molecule has 21 heavy (non-hydrogen) atoms. The third-order valence-electron chi connectivity index (χ3n) is 3.64. The molecule has 3 rings (SSSR count). The molecule has 2 aromatic rings. The summed E-state index contributed by atoms with van der Waals surface area (Å²) in [5, 5.41) is 0. The van der Waals surface area contributed by atoms with Gasteiger partial charge in [-0.15, -0.1) is 11.3 Å². The van der Waals surface area contributed by atoms with E-state index in [1.807, 2.05) is 23.1 Å². The van der Waals surface area contributed by atoms with Crippen molar-refractivity contribution in [2.45, 2.75) is 25.6 Å². The average Bonchev–Trinajstić information content (AvgIpc) is 3.01. The number of nitrogens with zero attached hydrogens (tertiary/aromatic N) is 1. The third-order valence-corrected chi connectivity index (χ3v) is 6.10. The van der Waals surface area contributed by atoms with Crippen molar-refractivity contribution in [1.82, 2.24) is 4.90 Å². The SMILES string of the molecule is NC(Cc1cc(Br)sc1Br)C(=O)N1Cc2ccccc2C1. The summed E-state index contributed by atoms with van der Waals surface area (Å²) in [6, 6.07) is 9.67. The first-order chi connectivity index (χ1) is 10.0. The number of carbonyl (C=O) groups excluding carboxylic acids is 1. The predicted octanol–water partition coefficient (Wildman–Crippen LogP) is 3.69. The molecule has 0 radical (unpaired) electrons. The van der Waals surface area contributed by atoms with Crippen LogP contribution in [0, 0.1) is 0 Å². The van der Waals surface area contributed by atoms with E-state index in [1.165, 1.54) is 11.1 Å². The molecular weight excluding hydrogens is 416 g/mol. The Morgan fingerprint density at radius 3 is 2.43 bits per heavy atom. The molecule has 0 aliphatic carbocycles. The van der Waals surface area contributed by atoms with Crippen LogP contribution in [0.1, 0.15) is 16.7 Å². The van der Waals surface area contributed by atoms with E-state index in [0.29, 0.717) is 19.5 Å². The van der Waals surface area contributed by atoms with Gasteiger partial charge in [0.1, 0.15) is 0 Å². The summed E-state index contributed by atoms with van der Waals surface area (Å²) in [6.45, 7) is 1.33. The summed E-state index contributed by atoms with van der Waals surface area (Å²) in [7, 11) is 0. The van der Waals surface area contributed by atoms with Crippen molar-refractivity contribution < 1.29 is 4.79 Å². The maximum absolute atomic E-state index is 12.5. The van der Waals surface area contributed by atoms with Crippen LogP contribution in [0.4, 0.5) is 0 Å². The number of carbonyl (C=O) groups is 1. The van der Waals surface area contributed by atoms with Gasteiger partial charge in [0.15, 0.2) is 0 Å². The number of hydrogen-bond donors (Lipinski definition) is 1. The van der Waals surface area contributed by atoms with Crippen LogP contribution < -0.4 is 5.73 Å². The first kappa shape index (κ1) is 15.2. The molecule has 1 aromatic heterocycles. The van der Waals surface area contributed by atoms with E-state index in [2.05, 4.69) is 44.0 Å². The summed E-state index contributed by atoms with van der Waals surface area (Å²) in [4.78, 5) is 14.4. The van der Waals surface area contributed by atoms with Crippen LogP contribution in [0.2, 0.25) is 0 Å². The van der Waals surface area contributed by atoms with Crippen molar-refractivity contribution >= 4 is 49.1 Å². The summed E-state index contributed by atoms with van der Waals surface area (Å²) in [6.07, 6.45) is 0.550. The zero-order valence-electron chi connectivity index (χ0n) is 11.2. The van der Waals surface area contributed by atoms with Gasteiger partial charge >= 0.3 is 0 Å². The lowest BCUT2D eigenvalue weighted by molar-refractivity contribution is -0.133. The van der Waals surface area contributed by atoms with Gasteiger partial charge in [0.05, 0.1) is 13.6 Å². The quantitative estimate of drug-likeness (QED) is 0.808. The molecule has 1 aromatic carbocycles. The number of halogens is 2. The third kappa shape index (κ3) is 3.23. The minimum atomic E-state index is -0.503. The monoisotopic (exact) mass is 428 g/mol. The van der Waals surface area contributed by atoms with Gasteiger partial charge in [-0.25, -0.2) is 0 Å². The highest BCUT2D eigenvalue weighted by molar-refractivity contribution is 9.12. The molecule has 1 aliphatic heterocycles. The maximum Gasteiger partial charge on any atom is 0.240 e. The average molecular weight is 430 g/mol.